The second-order valence-corrected chi connectivity index (χ2v) is 8.57. The van der Waals surface area contributed by atoms with Gasteiger partial charge in [0.05, 0.1) is 5.56 Å². The van der Waals surface area contributed by atoms with E-state index in [1.165, 1.54) is 18.4 Å². The topological polar surface area (TPSA) is 9.23 Å². The first-order valence-corrected chi connectivity index (χ1v) is 10.8. The lowest BCUT2D eigenvalue weighted by Crippen LogP contribution is -2.10. The van der Waals surface area contributed by atoms with Crippen molar-refractivity contribution in [2.45, 2.75) is 44.9 Å². The van der Waals surface area contributed by atoms with E-state index in [-0.39, 0.29) is 5.56 Å². The summed E-state index contributed by atoms with van der Waals surface area (Å²) < 4.78 is 87.9. The van der Waals surface area contributed by atoms with Gasteiger partial charge in [-0.15, -0.1) is 0 Å². The molecule has 1 unspecified atom stereocenters. The van der Waals surface area contributed by atoms with E-state index in [4.69, 9.17) is 0 Å². The van der Waals surface area contributed by atoms with E-state index in [9.17, 15) is 26.3 Å². The fourth-order valence-electron chi connectivity index (χ4n) is 4.29. The molecule has 0 amide bonds. The summed E-state index contributed by atoms with van der Waals surface area (Å²) in [5, 5.41) is 0. The van der Waals surface area contributed by atoms with Gasteiger partial charge in [-0.25, -0.2) is 22.0 Å². The molecule has 1 fully saturated rings. The fourth-order valence-corrected chi connectivity index (χ4v) is 4.29. The maximum atomic E-state index is 14.6. The summed E-state index contributed by atoms with van der Waals surface area (Å²) in [6.45, 7) is 2.25. The molecule has 1 aliphatic carbocycles. The van der Waals surface area contributed by atoms with Crippen LogP contribution >= 0.6 is 0 Å². The minimum Gasteiger partial charge on any atom is -0.456 e. The Morgan fingerprint density at radius 1 is 0.727 bits per heavy atom. The third-order valence-electron chi connectivity index (χ3n) is 6.23. The quantitative estimate of drug-likeness (QED) is 0.272. The van der Waals surface area contributed by atoms with Gasteiger partial charge in [0.15, 0.2) is 17.5 Å². The van der Waals surface area contributed by atoms with Gasteiger partial charge in [-0.3, -0.25) is 0 Å². The number of hydrogen-bond acceptors (Lipinski definition) is 1. The van der Waals surface area contributed by atoms with E-state index in [0.29, 0.717) is 23.6 Å². The Bertz CT molecular complexity index is 1090. The van der Waals surface area contributed by atoms with Crippen molar-refractivity contribution >= 4 is 0 Å². The zero-order valence-corrected chi connectivity index (χ0v) is 17.9. The van der Waals surface area contributed by atoms with Gasteiger partial charge in [0, 0.05) is 12.1 Å². The van der Waals surface area contributed by atoms with E-state index >= 15 is 0 Å². The molecule has 174 valence electrons. The molecule has 33 heavy (non-hydrogen) atoms. The molecule has 0 heterocycles. The van der Waals surface area contributed by atoms with Crippen molar-refractivity contribution in [2.75, 3.05) is 0 Å². The predicted molar refractivity (Wildman–Crippen MR) is 113 cm³/mol. The monoisotopic (exact) mass is 464 g/mol. The average molecular weight is 464 g/mol. The fraction of sp³-hybridized carbons (Fsp3) is 0.308. The Morgan fingerprint density at radius 2 is 1.27 bits per heavy atom. The first kappa shape index (κ1) is 23.2. The zero-order chi connectivity index (χ0) is 23.7. The van der Waals surface area contributed by atoms with Gasteiger partial charge >= 0.3 is 0 Å². The van der Waals surface area contributed by atoms with Crippen molar-refractivity contribution in [2.24, 2.45) is 5.92 Å². The summed E-state index contributed by atoms with van der Waals surface area (Å²) in [6.07, 6.45) is 1.87. The van der Waals surface area contributed by atoms with Crippen molar-refractivity contribution < 1.29 is 31.1 Å². The van der Waals surface area contributed by atoms with Crippen LogP contribution in [-0.2, 0) is 0 Å². The van der Waals surface area contributed by atoms with Crippen LogP contribution in [0.1, 0.15) is 56.0 Å². The van der Waals surface area contributed by atoms with Crippen LogP contribution in [-0.4, -0.2) is 0 Å². The van der Waals surface area contributed by atoms with E-state index in [2.05, 4.69) is 11.7 Å². The van der Waals surface area contributed by atoms with Crippen molar-refractivity contribution in [3.63, 3.8) is 0 Å². The molecule has 1 atom stereocenters. The van der Waals surface area contributed by atoms with Gasteiger partial charge in [-0.2, -0.15) is 4.39 Å². The van der Waals surface area contributed by atoms with Crippen molar-refractivity contribution in [1.29, 1.82) is 0 Å². The van der Waals surface area contributed by atoms with Gasteiger partial charge in [0.2, 0.25) is 0 Å². The Hall–Kier alpha value is -2.96. The highest BCUT2D eigenvalue weighted by Gasteiger charge is 2.24. The standard InChI is InChI=1S/C26H22F6O/c1-14-2-4-15(5-3-14)16-6-8-17(9-7-16)18-10-20(27)24(21(28)11-18)26(32)33-19-12-22(29)25(31)23(30)13-19/h6-15,26H,2-5H2,1H3. The van der Waals surface area contributed by atoms with E-state index in [1.807, 2.05) is 12.1 Å². The predicted octanol–water partition coefficient (Wildman–Crippen LogP) is 8.39. The van der Waals surface area contributed by atoms with E-state index in [1.54, 1.807) is 12.1 Å². The molecule has 7 heteroatoms. The molecule has 4 rings (SSSR count). The number of alkyl halides is 1. The largest absolute Gasteiger partial charge is 0.456 e. The molecule has 0 radical (unpaired) electrons. The SMILES string of the molecule is CC1CCC(c2ccc(-c3cc(F)c(C(F)Oc4cc(F)c(F)c(F)c4)c(F)c3)cc2)CC1. The van der Waals surface area contributed by atoms with Crippen LogP contribution in [0.4, 0.5) is 26.3 Å². The van der Waals surface area contributed by atoms with Gasteiger partial charge in [0.1, 0.15) is 17.4 Å². The first-order chi connectivity index (χ1) is 15.7. The number of benzene rings is 3. The molecule has 0 N–H and O–H groups in total. The summed E-state index contributed by atoms with van der Waals surface area (Å²) in [5.41, 5.74) is 0.908. The maximum absolute atomic E-state index is 14.6. The molecule has 3 aromatic rings. The lowest BCUT2D eigenvalue weighted by molar-refractivity contribution is 0.0591. The van der Waals surface area contributed by atoms with Crippen LogP contribution in [0.5, 0.6) is 5.75 Å². The van der Waals surface area contributed by atoms with Crippen LogP contribution in [0.3, 0.4) is 0 Å². The van der Waals surface area contributed by atoms with Crippen molar-refractivity contribution in [3.8, 4) is 16.9 Å². The molecule has 0 bridgehead atoms. The van der Waals surface area contributed by atoms with Gasteiger partial charge in [-0.05, 0) is 53.5 Å². The third-order valence-corrected chi connectivity index (χ3v) is 6.23. The smallest absolute Gasteiger partial charge is 0.269 e. The summed E-state index contributed by atoms with van der Waals surface area (Å²) in [7, 11) is 0. The minimum atomic E-state index is -2.70. The minimum absolute atomic E-state index is 0.212. The van der Waals surface area contributed by atoms with E-state index in [0.717, 1.165) is 30.9 Å². The van der Waals surface area contributed by atoms with Crippen molar-refractivity contribution in [3.05, 3.63) is 88.7 Å². The first-order valence-electron chi connectivity index (χ1n) is 10.8. The van der Waals surface area contributed by atoms with Crippen LogP contribution < -0.4 is 4.74 Å². The molecule has 0 spiro atoms. The van der Waals surface area contributed by atoms with Crippen LogP contribution in [0, 0.1) is 35.0 Å². The number of halogens is 6. The third kappa shape index (κ3) is 5.02. The Balaban J connectivity index is 1.53. The van der Waals surface area contributed by atoms with Crippen LogP contribution in [0.2, 0.25) is 0 Å². The summed E-state index contributed by atoms with van der Waals surface area (Å²) in [5.74, 6) is -6.96. The molecule has 1 saturated carbocycles. The molecule has 0 saturated heterocycles. The summed E-state index contributed by atoms with van der Waals surface area (Å²) in [6, 6.07) is 10.2. The Morgan fingerprint density at radius 3 is 1.82 bits per heavy atom. The lowest BCUT2D eigenvalue weighted by Gasteiger charge is -2.26. The molecular formula is C26H22F6O. The number of hydrogen-bond donors (Lipinski definition) is 0. The van der Waals surface area contributed by atoms with Crippen LogP contribution in [0.25, 0.3) is 11.1 Å². The maximum Gasteiger partial charge on any atom is 0.269 e. The second-order valence-electron chi connectivity index (χ2n) is 8.57. The normalized spacial score (nSPS) is 19.4. The molecule has 1 nitrogen and oxygen atoms in total. The zero-order valence-electron chi connectivity index (χ0n) is 17.9. The van der Waals surface area contributed by atoms with Crippen LogP contribution in [0.15, 0.2) is 48.5 Å². The number of ether oxygens (including phenoxy) is 1. The molecule has 0 aromatic heterocycles. The summed E-state index contributed by atoms with van der Waals surface area (Å²) >= 11 is 0. The van der Waals surface area contributed by atoms with Crippen molar-refractivity contribution in [1.82, 2.24) is 0 Å². The average Bonchev–Trinajstić information content (AvgIpc) is 2.77. The highest BCUT2D eigenvalue weighted by atomic mass is 19.2. The Kier molecular flexibility index (Phi) is 6.68. The Labute approximate surface area is 188 Å². The molecule has 3 aromatic carbocycles. The van der Waals surface area contributed by atoms with Gasteiger partial charge in [0.25, 0.3) is 6.36 Å². The highest BCUT2D eigenvalue weighted by molar-refractivity contribution is 5.64. The van der Waals surface area contributed by atoms with Gasteiger partial charge < -0.3 is 4.74 Å². The highest BCUT2D eigenvalue weighted by Crippen LogP contribution is 2.37. The number of rotatable bonds is 5. The van der Waals surface area contributed by atoms with E-state index < -0.39 is 46.8 Å². The molecule has 0 aliphatic heterocycles. The summed E-state index contributed by atoms with van der Waals surface area (Å²) in [4.78, 5) is 0. The second kappa shape index (κ2) is 9.49. The molecule has 1 aliphatic rings. The molecular weight excluding hydrogens is 442 g/mol. The van der Waals surface area contributed by atoms with Gasteiger partial charge in [-0.1, -0.05) is 44.0 Å². The lowest BCUT2D eigenvalue weighted by atomic mass is 9.79.